The number of hydrogen-bond donors (Lipinski definition) is 2. The molecule has 142 valence electrons. The molecule has 0 bridgehead atoms. The van der Waals surface area contributed by atoms with Gasteiger partial charge in [0.15, 0.2) is 0 Å². The van der Waals surface area contributed by atoms with E-state index in [9.17, 15) is 9.59 Å². The Kier molecular flexibility index (Phi) is 5.96. The molecule has 28 heavy (non-hydrogen) atoms. The first-order valence-electron chi connectivity index (χ1n) is 8.82. The number of amides is 1. The van der Waals surface area contributed by atoms with Gasteiger partial charge < -0.3 is 15.4 Å². The highest BCUT2D eigenvalue weighted by atomic mass is 16.5. The monoisotopic (exact) mass is 376 g/mol. The van der Waals surface area contributed by atoms with Gasteiger partial charge in [0.2, 0.25) is 5.95 Å². The smallest absolute Gasteiger partial charge is 0.340 e. The van der Waals surface area contributed by atoms with Crippen LogP contribution in [0.15, 0.2) is 60.7 Å². The number of aromatic nitrogens is 2. The number of esters is 1. The van der Waals surface area contributed by atoms with E-state index in [4.69, 9.17) is 4.74 Å². The lowest BCUT2D eigenvalue weighted by Crippen LogP contribution is -2.16. The SMILES string of the molecule is CCOC(=O)c1ccccc1Nc1nc(C)cc(C(=O)Nc2ccccc2)n1. The Morgan fingerprint density at radius 3 is 2.46 bits per heavy atom. The minimum absolute atomic E-state index is 0.215. The first-order valence-corrected chi connectivity index (χ1v) is 8.82. The van der Waals surface area contributed by atoms with Crippen molar-refractivity contribution < 1.29 is 14.3 Å². The van der Waals surface area contributed by atoms with Crippen LogP contribution in [0.3, 0.4) is 0 Å². The van der Waals surface area contributed by atoms with E-state index in [1.807, 2.05) is 18.2 Å². The molecule has 0 saturated carbocycles. The van der Waals surface area contributed by atoms with Gasteiger partial charge in [0.25, 0.3) is 5.91 Å². The molecule has 0 aliphatic carbocycles. The minimum Gasteiger partial charge on any atom is -0.462 e. The van der Waals surface area contributed by atoms with E-state index in [0.29, 0.717) is 22.6 Å². The molecule has 0 atom stereocenters. The fourth-order valence-corrected chi connectivity index (χ4v) is 2.56. The Hall–Kier alpha value is -3.74. The lowest BCUT2D eigenvalue weighted by Gasteiger charge is -2.12. The van der Waals surface area contributed by atoms with Crippen molar-refractivity contribution in [3.8, 4) is 0 Å². The number of rotatable bonds is 6. The van der Waals surface area contributed by atoms with Crippen LogP contribution in [0.1, 0.15) is 33.5 Å². The summed E-state index contributed by atoms with van der Waals surface area (Å²) in [4.78, 5) is 33.3. The largest absolute Gasteiger partial charge is 0.462 e. The molecule has 7 nitrogen and oxygen atoms in total. The van der Waals surface area contributed by atoms with Crippen molar-refractivity contribution in [3.05, 3.63) is 77.6 Å². The fourth-order valence-electron chi connectivity index (χ4n) is 2.56. The molecule has 0 unspecified atom stereocenters. The molecular weight excluding hydrogens is 356 g/mol. The van der Waals surface area contributed by atoms with E-state index in [1.54, 1.807) is 56.3 Å². The van der Waals surface area contributed by atoms with Gasteiger partial charge in [-0.05, 0) is 44.2 Å². The second-order valence-corrected chi connectivity index (χ2v) is 5.93. The summed E-state index contributed by atoms with van der Waals surface area (Å²) in [6.45, 7) is 3.79. The number of nitrogens with zero attached hydrogens (tertiary/aromatic N) is 2. The van der Waals surface area contributed by atoms with Crippen LogP contribution >= 0.6 is 0 Å². The Morgan fingerprint density at radius 2 is 1.71 bits per heavy atom. The van der Waals surface area contributed by atoms with Gasteiger partial charge in [-0.2, -0.15) is 0 Å². The molecule has 0 saturated heterocycles. The Labute approximate surface area is 162 Å². The molecule has 2 N–H and O–H groups in total. The first-order chi connectivity index (χ1) is 13.6. The highest BCUT2D eigenvalue weighted by molar-refractivity contribution is 6.03. The van der Waals surface area contributed by atoms with Crippen molar-refractivity contribution in [2.45, 2.75) is 13.8 Å². The molecule has 1 amide bonds. The molecule has 1 heterocycles. The van der Waals surface area contributed by atoms with Crippen LogP contribution in [-0.4, -0.2) is 28.5 Å². The van der Waals surface area contributed by atoms with E-state index in [-0.39, 0.29) is 24.2 Å². The zero-order valence-electron chi connectivity index (χ0n) is 15.6. The molecule has 1 aromatic heterocycles. The van der Waals surface area contributed by atoms with Crippen LogP contribution in [0.2, 0.25) is 0 Å². The summed E-state index contributed by atoms with van der Waals surface area (Å²) in [5.41, 5.74) is 2.37. The predicted octanol–water partition coefficient (Wildman–Crippen LogP) is 3.96. The quantitative estimate of drug-likeness (QED) is 0.633. The highest BCUT2D eigenvalue weighted by Crippen LogP contribution is 2.20. The van der Waals surface area contributed by atoms with Gasteiger partial charge in [0.1, 0.15) is 5.69 Å². The molecule has 3 rings (SSSR count). The number of ether oxygens (including phenoxy) is 1. The summed E-state index contributed by atoms with van der Waals surface area (Å²) in [7, 11) is 0. The molecule has 7 heteroatoms. The summed E-state index contributed by atoms with van der Waals surface area (Å²) >= 11 is 0. The average molecular weight is 376 g/mol. The second kappa shape index (κ2) is 8.77. The Balaban J connectivity index is 1.85. The zero-order chi connectivity index (χ0) is 19.9. The molecular formula is C21H20N4O3. The van der Waals surface area contributed by atoms with Crippen molar-refractivity contribution in [1.29, 1.82) is 0 Å². The van der Waals surface area contributed by atoms with Crippen molar-refractivity contribution in [2.75, 3.05) is 17.2 Å². The van der Waals surface area contributed by atoms with Gasteiger partial charge in [0.05, 0.1) is 17.9 Å². The molecule has 0 aliphatic rings. The minimum atomic E-state index is -0.444. The van der Waals surface area contributed by atoms with Crippen molar-refractivity contribution in [3.63, 3.8) is 0 Å². The molecule has 0 fully saturated rings. The lowest BCUT2D eigenvalue weighted by atomic mass is 10.2. The number of para-hydroxylation sites is 2. The third-order valence-corrected chi connectivity index (χ3v) is 3.79. The number of aryl methyl sites for hydroxylation is 1. The number of nitrogens with one attached hydrogen (secondary N) is 2. The van der Waals surface area contributed by atoms with Gasteiger partial charge in [-0.3, -0.25) is 4.79 Å². The van der Waals surface area contributed by atoms with Crippen LogP contribution in [0, 0.1) is 6.92 Å². The highest BCUT2D eigenvalue weighted by Gasteiger charge is 2.15. The third-order valence-electron chi connectivity index (χ3n) is 3.79. The van der Waals surface area contributed by atoms with Crippen molar-refractivity contribution >= 4 is 29.2 Å². The van der Waals surface area contributed by atoms with Crippen LogP contribution < -0.4 is 10.6 Å². The number of benzene rings is 2. The maximum absolute atomic E-state index is 12.5. The Morgan fingerprint density at radius 1 is 1.00 bits per heavy atom. The second-order valence-electron chi connectivity index (χ2n) is 5.93. The van der Waals surface area contributed by atoms with Gasteiger partial charge >= 0.3 is 5.97 Å². The van der Waals surface area contributed by atoms with Crippen LogP contribution in [0.25, 0.3) is 0 Å². The van der Waals surface area contributed by atoms with Crippen LogP contribution in [-0.2, 0) is 4.74 Å². The maximum atomic E-state index is 12.5. The summed E-state index contributed by atoms with van der Waals surface area (Å²) in [6.07, 6.45) is 0. The molecule has 3 aromatic rings. The summed E-state index contributed by atoms with van der Waals surface area (Å²) < 4.78 is 5.07. The first kappa shape index (κ1) is 19.0. The molecule has 0 aliphatic heterocycles. The van der Waals surface area contributed by atoms with Crippen molar-refractivity contribution in [2.24, 2.45) is 0 Å². The summed E-state index contributed by atoms with van der Waals surface area (Å²) in [5, 5.41) is 5.80. The van der Waals surface area contributed by atoms with Gasteiger partial charge in [-0.25, -0.2) is 14.8 Å². The van der Waals surface area contributed by atoms with Gasteiger partial charge in [-0.1, -0.05) is 30.3 Å². The Bertz CT molecular complexity index is 990. The van der Waals surface area contributed by atoms with E-state index in [0.717, 1.165) is 0 Å². The number of anilines is 3. The number of carbonyl (C=O) groups is 2. The number of hydrogen-bond acceptors (Lipinski definition) is 6. The molecule has 0 spiro atoms. The standard InChI is InChI=1S/C21H20N4O3/c1-3-28-20(27)16-11-7-8-12-17(16)24-21-22-14(2)13-18(25-21)19(26)23-15-9-5-4-6-10-15/h4-13H,3H2,1-2H3,(H,23,26)(H,22,24,25). The summed E-state index contributed by atoms with van der Waals surface area (Å²) in [5.74, 6) is -0.575. The predicted molar refractivity (Wildman–Crippen MR) is 107 cm³/mol. The lowest BCUT2D eigenvalue weighted by molar-refractivity contribution is 0.0527. The zero-order valence-corrected chi connectivity index (χ0v) is 15.6. The van der Waals surface area contributed by atoms with Crippen LogP contribution in [0.4, 0.5) is 17.3 Å². The van der Waals surface area contributed by atoms with Gasteiger partial charge in [-0.15, -0.1) is 0 Å². The van der Waals surface area contributed by atoms with Crippen molar-refractivity contribution in [1.82, 2.24) is 9.97 Å². The topological polar surface area (TPSA) is 93.2 Å². The van der Waals surface area contributed by atoms with Gasteiger partial charge in [0, 0.05) is 11.4 Å². The fraction of sp³-hybridized carbons (Fsp3) is 0.143. The summed E-state index contributed by atoms with van der Waals surface area (Å²) in [6, 6.07) is 17.6. The van der Waals surface area contributed by atoms with E-state index >= 15 is 0 Å². The van der Waals surface area contributed by atoms with Crippen LogP contribution in [0.5, 0.6) is 0 Å². The van der Waals surface area contributed by atoms with E-state index < -0.39 is 5.97 Å². The normalized spacial score (nSPS) is 10.2. The number of carbonyl (C=O) groups excluding carboxylic acids is 2. The average Bonchev–Trinajstić information content (AvgIpc) is 2.69. The maximum Gasteiger partial charge on any atom is 0.340 e. The molecule has 2 aromatic carbocycles. The third kappa shape index (κ3) is 4.70. The molecule has 0 radical (unpaired) electrons. The van der Waals surface area contributed by atoms with E-state index in [2.05, 4.69) is 20.6 Å². The van der Waals surface area contributed by atoms with E-state index in [1.165, 1.54) is 0 Å².